The van der Waals surface area contributed by atoms with Crippen molar-refractivity contribution >= 4 is 28.1 Å². The monoisotopic (exact) mass is 360 g/mol. The molecule has 22 heavy (non-hydrogen) atoms. The first kappa shape index (κ1) is 16.2. The van der Waals surface area contributed by atoms with Gasteiger partial charge < -0.3 is 4.74 Å². The summed E-state index contributed by atoms with van der Waals surface area (Å²) in [5, 5.41) is 4.02. The van der Waals surface area contributed by atoms with Crippen LogP contribution in [0.1, 0.15) is 28.4 Å². The van der Waals surface area contributed by atoms with Crippen LogP contribution in [-0.4, -0.2) is 18.7 Å². The van der Waals surface area contributed by atoms with Crippen molar-refractivity contribution in [3.05, 3.63) is 63.6 Å². The lowest BCUT2D eigenvalue weighted by atomic mass is 10.1. The van der Waals surface area contributed by atoms with Crippen LogP contribution in [0.4, 0.5) is 0 Å². The Morgan fingerprint density at radius 1 is 1.32 bits per heavy atom. The molecule has 4 nitrogen and oxygen atoms in total. The van der Waals surface area contributed by atoms with Crippen molar-refractivity contribution in [1.29, 1.82) is 0 Å². The van der Waals surface area contributed by atoms with E-state index in [0.29, 0.717) is 12.2 Å². The van der Waals surface area contributed by atoms with E-state index >= 15 is 0 Å². The summed E-state index contributed by atoms with van der Waals surface area (Å²) in [6.45, 7) is 4.38. The van der Waals surface area contributed by atoms with Crippen LogP contribution in [-0.2, 0) is 0 Å². The highest BCUT2D eigenvalue weighted by Gasteiger charge is 2.07. The van der Waals surface area contributed by atoms with Gasteiger partial charge in [0, 0.05) is 15.6 Å². The normalized spacial score (nSPS) is 10.7. The fraction of sp³-hybridized carbons (Fsp3) is 0.176. The second-order valence-electron chi connectivity index (χ2n) is 4.63. The third-order valence-electron chi connectivity index (χ3n) is 3.03. The molecule has 0 atom stereocenters. The number of hydrogen-bond donors (Lipinski definition) is 1. The maximum Gasteiger partial charge on any atom is 0.271 e. The fourth-order valence-corrected chi connectivity index (χ4v) is 2.33. The Morgan fingerprint density at radius 2 is 2.09 bits per heavy atom. The third-order valence-corrected chi connectivity index (χ3v) is 3.52. The molecule has 0 unspecified atom stereocenters. The number of benzene rings is 2. The zero-order valence-electron chi connectivity index (χ0n) is 12.5. The molecule has 0 aromatic heterocycles. The molecule has 2 aromatic carbocycles. The van der Waals surface area contributed by atoms with E-state index in [4.69, 9.17) is 4.74 Å². The van der Waals surface area contributed by atoms with Crippen LogP contribution in [0.5, 0.6) is 5.75 Å². The number of carbonyl (C=O) groups excluding carboxylic acids is 1. The largest absolute Gasteiger partial charge is 0.493 e. The number of nitrogens with zero attached hydrogens (tertiary/aromatic N) is 1. The van der Waals surface area contributed by atoms with Crippen molar-refractivity contribution in [1.82, 2.24) is 5.43 Å². The fourth-order valence-electron chi connectivity index (χ4n) is 1.96. The summed E-state index contributed by atoms with van der Waals surface area (Å²) in [5.74, 6) is 0.488. The molecule has 0 saturated carbocycles. The zero-order chi connectivity index (χ0) is 15.9. The van der Waals surface area contributed by atoms with E-state index in [0.717, 1.165) is 21.3 Å². The Hall–Kier alpha value is -2.14. The summed E-state index contributed by atoms with van der Waals surface area (Å²) >= 11 is 3.41. The summed E-state index contributed by atoms with van der Waals surface area (Å²) in [4.78, 5) is 12.1. The first-order chi connectivity index (χ1) is 10.6. The van der Waals surface area contributed by atoms with Gasteiger partial charge in [0.1, 0.15) is 5.75 Å². The molecule has 114 valence electrons. The smallest absolute Gasteiger partial charge is 0.271 e. The summed E-state index contributed by atoms with van der Waals surface area (Å²) < 4.78 is 6.45. The van der Waals surface area contributed by atoms with Crippen molar-refractivity contribution in [3.8, 4) is 5.75 Å². The topological polar surface area (TPSA) is 50.7 Å². The molecule has 2 rings (SSSR count). The molecular formula is C17H17BrN2O2. The summed E-state index contributed by atoms with van der Waals surface area (Å²) in [6, 6.07) is 13.0. The van der Waals surface area contributed by atoms with E-state index in [-0.39, 0.29) is 5.91 Å². The van der Waals surface area contributed by atoms with E-state index in [2.05, 4.69) is 26.5 Å². The SMILES string of the molecule is CCOc1ccc(Br)cc1/C=N\NC(=O)c1ccccc1C. The number of aryl methyl sites for hydroxylation is 1. The van der Waals surface area contributed by atoms with Crippen LogP contribution in [0.15, 0.2) is 52.0 Å². The maximum atomic E-state index is 12.1. The number of carbonyl (C=O) groups is 1. The Bertz CT molecular complexity index is 699. The Kier molecular flexibility index (Phi) is 5.72. The van der Waals surface area contributed by atoms with E-state index in [1.807, 2.05) is 50.2 Å². The van der Waals surface area contributed by atoms with Crippen molar-refractivity contribution in [2.45, 2.75) is 13.8 Å². The standard InChI is InChI=1S/C17H17BrN2O2/c1-3-22-16-9-8-14(18)10-13(16)11-19-20-17(21)15-7-5-4-6-12(15)2/h4-11H,3H2,1-2H3,(H,20,21)/b19-11-. The predicted molar refractivity (Wildman–Crippen MR) is 91.6 cm³/mol. The first-order valence-electron chi connectivity index (χ1n) is 6.93. The average molecular weight is 361 g/mol. The van der Waals surface area contributed by atoms with Crippen LogP contribution >= 0.6 is 15.9 Å². The van der Waals surface area contributed by atoms with Gasteiger partial charge in [-0.3, -0.25) is 4.79 Å². The van der Waals surface area contributed by atoms with Crippen LogP contribution in [0, 0.1) is 6.92 Å². The van der Waals surface area contributed by atoms with Gasteiger partial charge in [-0.2, -0.15) is 5.10 Å². The highest BCUT2D eigenvalue weighted by Crippen LogP contribution is 2.21. The minimum atomic E-state index is -0.234. The minimum absolute atomic E-state index is 0.234. The van der Waals surface area contributed by atoms with E-state index in [1.165, 1.54) is 0 Å². The lowest BCUT2D eigenvalue weighted by Crippen LogP contribution is -2.18. The van der Waals surface area contributed by atoms with Crippen LogP contribution in [0.25, 0.3) is 0 Å². The molecule has 0 fully saturated rings. The number of amides is 1. The summed E-state index contributed by atoms with van der Waals surface area (Å²) in [7, 11) is 0. The zero-order valence-corrected chi connectivity index (χ0v) is 14.1. The van der Waals surface area contributed by atoms with Gasteiger partial charge in [-0.15, -0.1) is 0 Å². The molecule has 0 radical (unpaired) electrons. The Labute approximate surface area is 138 Å². The van der Waals surface area contributed by atoms with E-state index < -0.39 is 0 Å². The van der Waals surface area contributed by atoms with E-state index in [1.54, 1.807) is 12.3 Å². The highest BCUT2D eigenvalue weighted by atomic mass is 79.9. The van der Waals surface area contributed by atoms with Crippen LogP contribution in [0.2, 0.25) is 0 Å². The summed E-state index contributed by atoms with van der Waals surface area (Å²) in [5.41, 5.74) is 4.85. The van der Waals surface area contributed by atoms with Gasteiger partial charge in [-0.25, -0.2) is 5.43 Å². The molecule has 0 saturated heterocycles. The van der Waals surface area contributed by atoms with Crippen molar-refractivity contribution < 1.29 is 9.53 Å². The predicted octanol–water partition coefficient (Wildman–Crippen LogP) is 3.92. The molecule has 0 aliphatic carbocycles. The molecule has 2 aromatic rings. The number of hydrogen-bond acceptors (Lipinski definition) is 3. The minimum Gasteiger partial charge on any atom is -0.493 e. The second kappa shape index (κ2) is 7.75. The number of hydrazone groups is 1. The molecule has 5 heteroatoms. The quantitative estimate of drug-likeness (QED) is 0.648. The highest BCUT2D eigenvalue weighted by molar-refractivity contribution is 9.10. The molecular weight excluding hydrogens is 344 g/mol. The third kappa shape index (κ3) is 4.18. The molecule has 0 bridgehead atoms. The van der Waals surface area contributed by atoms with Crippen molar-refractivity contribution in [3.63, 3.8) is 0 Å². The molecule has 1 amide bonds. The molecule has 0 aliphatic heterocycles. The number of nitrogens with one attached hydrogen (secondary N) is 1. The van der Waals surface area contributed by atoms with Gasteiger partial charge in [0.05, 0.1) is 12.8 Å². The van der Waals surface area contributed by atoms with E-state index in [9.17, 15) is 4.79 Å². The first-order valence-corrected chi connectivity index (χ1v) is 7.72. The van der Waals surface area contributed by atoms with Crippen molar-refractivity contribution in [2.75, 3.05) is 6.61 Å². The molecule has 1 N–H and O–H groups in total. The Balaban J connectivity index is 2.11. The molecule has 0 spiro atoms. The molecule has 0 aliphatic rings. The average Bonchev–Trinajstić information content (AvgIpc) is 2.50. The Morgan fingerprint density at radius 3 is 2.82 bits per heavy atom. The summed E-state index contributed by atoms with van der Waals surface area (Å²) in [6.07, 6.45) is 1.58. The van der Waals surface area contributed by atoms with Gasteiger partial charge in [-0.05, 0) is 43.7 Å². The van der Waals surface area contributed by atoms with Gasteiger partial charge in [-0.1, -0.05) is 34.1 Å². The number of ether oxygens (including phenoxy) is 1. The van der Waals surface area contributed by atoms with Gasteiger partial charge in [0.2, 0.25) is 0 Å². The van der Waals surface area contributed by atoms with Gasteiger partial charge in [0.15, 0.2) is 0 Å². The molecule has 0 heterocycles. The van der Waals surface area contributed by atoms with Gasteiger partial charge >= 0.3 is 0 Å². The lowest BCUT2D eigenvalue weighted by molar-refractivity contribution is 0.0954. The van der Waals surface area contributed by atoms with Gasteiger partial charge in [0.25, 0.3) is 5.91 Å². The van der Waals surface area contributed by atoms with Crippen molar-refractivity contribution in [2.24, 2.45) is 5.10 Å². The number of rotatable bonds is 5. The van der Waals surface area contributed by atoms with Crippen LogP contribution < -0.4 is 10.2 Å². The lowest BCUT2D eigenvalue weighted by Gasteiger charge is -2.07. The maximum absolute atomic E-state index is 12.1. The van der Waals surface area contributed by atoms with Crippen LogP contribution in [0.3, 0.4) is 0 Å². The second-order valence-corrected chi connectivity index (χ2v) is 5.54. The number of halogens is 1.